The van der Waals surface area contributed by atoms with Crippen LogP contribution in [0.2, 0.25) is 0 Å². The molecule has 1 aromatic rings. The molecule has 1 amide bonds. The quantitative estimate of drug-likeness (QED) is 0.732. The minimum absolute atomic E-state index is 0.172. The van der Waals surface area contributed by atoms with Gasteiger partial charge in [0.2, 0.25) is 0 Å². The summed E-state index contributed by atoms with van der Waals surface area (Å²) in [6.07, 6.45) is -0.664. The molecule has 1 atom stereocenters. The van der Waals surface area contributed by atoms with Crippen molar-refractivity contribution in [1.29, 1.82) is 0 Å². The Morgan fingerprint density at radius 2 is 2.27 bits per heavy atom. The van der Waals surface area contributed by atoms with Crippen LogP contribution in [0.5, 0.6) is 5.75 Å². The average Bonchev–Trinajstić information content (AvgIpc) is 2.20. The maximum Gasteiger partial charge on any atom is 0.260 e. The minimum Gasteiger partial charge on any atom is -0.479 e. The number of benzene rings is 1. The van der Waals surface area contributed by atoms with Crippen molar-refractivity contribution in [2.24, 2.45) is 0 Å². The number of rotatable bonds is 3. The van der Waals surface area contributed by atoms with Crippen molar-refractivity contribution in [3.63, 3.8) is 0 Å². The molecule has 1 unspecified atom stereocenters. The van der Waals surface area contributed by atoms with Gasteiger partial charge in [0.1, 0.15) is 11.6 Å². The van der Waals surface area contributed by atoms with E-state index in [1.807, 2.05) is 0 Å². The standard InChI is InChI=1S/C10H13FN2O2/c1-6(10(14)13-2)15-9-4-3-7(11)5-8(9)12/h3-6H,12H2,1-2H3,(H,13,14). The first-order valence-corrected chi connectivity index (χ1v) is 4.48. The van der Waals surface area contributed by atoms with Gasteiger partial charge >= 0.3 is 0 Å². The summed E-state index contributed by atoms with van der Waals surface area (Å²) in [4.78, 5) is 11.1. The number of carbonyl (C=O) groups is 1. The second kappa shape index (κ2) is 4.63. The fraction of sp³-hybridized carbons (Fsp3) is 0.300. The van der Waals surface area contributed by atoms with Crippen molar-refractivity contribution >= 4 is 11.6 Å². The van der Waals surface area contributed by atoms with E-state index in [9.17, 15) is 9.18 Å². The molecule has 1 rings (SSSR count). The van der Waals surface area contributed by atoms with E-state index in [2.05, 4.69) is 5.32 Å². The average molecular weight is 212 g/mol. The maximum absolute atomic E-state index is 12.7. The van der Waals surface area contributed by atoms with E-state index in [0.29, 0.717) is 5.75 Å². The highest BCUT2D eigenvalue weighted by Gasteiger charge is 2.14. The molecule has 0 aliphatic carbocycles. The van der Waals surface area contributed by atoms with E-state index in [1.165, 1.54) is 19.2 Å². The topological polar surface area (TPSA) is 64.3 Å². The number of amides is 1. The minimum atomic E-state index is -0.664. The molecule has 5 heteroatoms. The largest absolute Gasteiger partial charge is 0.479 e. The number of ether oxygens (including phenoxy) is 1. The molecule has 0 aromatic heterocycles. The van der Waals surface area contributed by atoms with Gasteiger partial charge in [-0.2, -0.15) is 0 Å². The van der Waals surface area contributed by atoms with Gasteiger partial charge in [-0.1, -0.05) is 0 Å². The zero-order valence-corrected chi connectivity index (χ0v) is 8.58. The third-order valence-corrected chi connectivity index (χ3v) is 1.89. The van der Waals surface area contributed by atoms with E-state index in [-0.39, 0.29) is 11.6 Å². The number of anilines is 1. The van der Waals surface area contributed by atoms with Crippen LogP contribution in [0.4, 0.5) is 10.1 Å². The first-order chi connectivity index (χ1) is 7.04. The highest BCUT2D eigenvalue weighted by Crippen LogP contribution is 2.22. The zero-order valence-electron chi connectivity index (χ0n) is 8.58. The third kappa shape index (κ3) is 2.83. The Morgan fingerprint density at radius 3 is 2.80 bits per heavy atom. The van der Waals surface area contributed by atoms with Crippen LogP contribution in [0, 0.1) is 5.82 Å². The predicted molar refractivity (Wildman–Crippen MR) is 55.0 cm³/mol. The molecule has 4 nitrogen and oxygen atoms in total. The molecule has 0 heterocycles. The highest BCUT2D eigenvalue weighted by molar-refractivity contribution is 5.80. The Morgan fingerprint density at radius 1 is 1.60 bits per heavy atom. The molecular weight excluding hydrogens is 199 g/mol. The molecule has 82 valence electrons. The molecule has 0 radical (unpaired) electrons. The lowest BCUT2D eigenvalue weighted by Crippen LogP contribution is -2.33. The molecular formula is C10H13FN2O2. The summed E-state index contributed by atoms with van der Waals surface area (Å²) < 4.78 is 17.9. The predicted octanol–water partition coefficient (Wildman–Crippen LogP) is 0.921. The number of likely N-dealkylation sites (N-methyl/N-ethyl adjacent to an activating group) is 1. The van der Waals surface area contributed by atoms with E-state index in [0.717, 1.165) is 6.07 Å². The van der Waals surface area contributed by atoms with Crippen LogP contribution >= 0.6 is 0 Å². The Bertz CT molecular complexity index is 368. The molecule has 15 heavy (non-hydrogen) atoms. The van der Waals surface area contributed by atoms with Crippen molar-refractivity contribution in [1.82, 2.24) is 5.32 Å². The Labute approximate surface area is 87.2 Å². The molecule has 0 spiro atoms. The Balaban J connectivity index is 2.76. The van der Waals surface area contributed by atoms with Gasteiger partial charge in [0.15, 0.2) is 6.10 Å². The van der Waals surface area contributed by atoms with Crippen molar-refractivity contribution in [3.8, 4) is 5.75 Å². The highest BCUT2D eigenvalue weighted by atomic mass is 19.1. The van der Waals surface area contributed by atoms with Crippen LogP contribution in [0.1, 0.15) is 6.92 Å². The summed E-state index contributed by atoms with van der Waals surface area (Å²) in [5.74, 6) is -0.404. The summed E-state index contributed by atoms with van der Waals surface area (Å²) in [6, 6.07) is 3.76. The molecule has 3 N–H and O–H groups in total. The number of carbonyl (C=O) groups excluding carboxylic acids is 1. The molecule has 0 fully saturated rings. The lowest BCUT2D eigenvalue weighted by atomic mass is 10.3. The summed E-state index contributed by atoms with van der Waals surface area (Å²) in [5, 5.41) is 2.44. The fourth-order valence-electron chi connectivity index (χ4n) is 1.07. The van der Waals surface area contributed by atoms with Gasteiger partial charge in [-0.3, -0.25) is 4.79 Å². The molecule has 0 saturated carbocycles. The van der Waals surface area contributed by atoms with Crippen LogP contribution in [0.25, 0.3) is 0 Å². The summed E-state index contributed by atoms with van der Waals surface area (Å²) >= 11 is 0. The van der Waals surface area contributed by atoms with Crippen molar-refractivity contribution < 1.29 is 13.9 Å². The van der Waals surface area contributed by atoms with Crippen LogP contribution in [0.15, 0.2) is 18.2 Å². The normalized spacial score (nSPS) is 11.9. The number of halogens is 1. The van der Waals surface area contributed by atoms with Crippen molar-refractivity contribution in [2.75, 3.05) is 12.8 Å². The zero-order chi connectivity index (χ0) is 11.4. The number of hydrogen-bond acceptors (Lipinski definition) is 3. The smallest absolute Gasteiger partial charge is 0.260 e. The maximum atomic E-state index is 12.7. The fourth-order valence-corrected chi connectivity index (χ4v) is 1.07. The lowest BCUT2D eigenvalue weighted by molar-refractivity contribution is -0.126. The summed E-state index contributed by atoms with van der Waals surface area (Å²) in [6.45, 7) is 1.58. The molecule has 0 saturated heterocycles. The van der Waals surface area contributed by atoms with Gasteiger partial charge in [-0.25, -0.2) is 4.39 Å². The van der Waals surface area contributed by atoms with Gasteiger partial charge in [-0.15, -0.1) is 0 Å². The second-order valence-corrected chi connectivity index (χ2v) is 3.06. The van der Waals surface area contributed by atoms with Crippen LogP contribution < -0.4 is 15.8 Å². The van der Waals surface area contributed by atoms with Crippen molar-refractivity contribution in [2.45, 2.75) is 13.0 Å². The van der Waals surface area contributed by atoms with Gasteiger partial charge in [-0.05, 0) is 19.1 Å². The van der Waals surface area contributed by atoms with E-state index in [1.54, 1.807) is 6.92 Å². The van der Waals surface area contributed by atoms with E-state index in [4.69, 9.17) is 10.5 Å². The number of nitrogens with two attached hydrogens (primary N) is 1. The van der Waals surface area contributed by atoms with Crippen LogP contribution in [0.3, 0.4) is 0 Å². The van der Waals surface area contributed by atoms with E-state index >= 15 is 0 Å². The molecule has 0 aliphatic rings. The summed E-state index contributed by atoms with van der Waals surface area (Å²) in [7, 11) is 1.51. The molecule has 1 aromatic carbocycles. The number of nitrogen functional groups attached to an aromatic ring is 1. The van der Waals surface area contributed by atoms with Crippen molar-refractivity contribution in [3.05, 3.63) is 24.0 Å². The number of hydrogen-bond donors (Lipinski definition) is 2. The lowest BCUT2D eigenvalue weighted by Gasteiger charge is -2.14. The Kier molecular flexibility index (Phi) is 3.49. The van der Waals surface area contributed by atoms with Gasteiger partial charge in [0, 0.05) is 13.1 Å². The third-order valence-electron chi connectivity index (χ3n) is 1.89. The monoisotopic (exact) mass is 212 g/mol. The van der Waals surface area contributed by atoms with Gasteiger partial charge < -0.3 is 15.8 Å². The summed E-state index contributed by atoms with van der Waals surface area (Å²) in [5.41, 5.74) is 5.69. The second-order valence-electron chi connectivity index (χ2n) is 3.06. The first-order valence-electron chi connectivity index (χ1n) is 4.48. The van der Waals surface area contributed by atoms with E-state index < -0.39 is 11.9 Å². The number of nitrogens with one attached hydrogen (secondary N) is 1. The van der Waals surface area contributed by atoms with Crippen LogP contribution in [-0.2, 0) is 4.79 Å². The first kappa shape index (κ1) is 11.3. The van der Waals surface area contributed by atoms with Crippen LogP contribution in [-0.4, -0.2) is 19.1 Å². The molecule has 0 bridgehead atoms. The Hall–Kier alpha value is -1.78. The van der Waals surface area contributed by atoms with Gasteiger partial charge in [0.25, 0.3) is 5.91 Å². The SMILES string of the molecule is CNC(=O)C(C)Oc1ccc(F)cc1N. The molecule has 0 aliphatic heterocycles. The van der Waals surface area contributed by atoms with Gasteiger partial charge in [0.05, 0.1) is 5.69 Å².